The maximum absolute atomic E-state index is 12.5. The number of benzene rings is 1. The molecular formula is C15H17N3O. The van der Waals surface area contributed by atoms with Crippen molar-refractivity contribution in [3.05, 3.63) is 47.8 Å². The van der Waals surface area contributed by atoms with Crippen molar-refractivity contribution in [3.63, 3.8) is 0 Å². The second-order valence-corrected chi connectivity index (χ2v) is 4.75. The summed E-state index contributed by atoms with van der Waals surface area (Å²) in [5.41, 5.74) is 2.81. The Labute approximate surface area is 112 Å². The average Bonchev–Trinajstić information content (AvgIpc) is 2.95. The molecule has 2 heterocycles. The van der Waals surface area contributed by atoms with Crippen molar-refractivity contribution in [1.82, 2.24) is 9.78 Å². The van der Waals surface area contributed by atoms with E-state index in [1.807, 2.05) is 36.2 Å². The first-order valence-electron chi connectivity index (χ1n) is 6.73. The van der Waals surface area contributed by atoms with E-state index in [1.165, 1.54) is 5.56 Å². The summed E-state index contributed by atoms with van der Waals surface area (Å²) in [5.74, 6) is -0.000602. The molecule has 98 valence electrons. The molecule has 1 aliphatic rings. The molecule has 0 saturated carbocycles. The minimum atomic E-state index is -0.000602. The lowest BCUT2D eigenvalue weighted by Crippen LogP contribution is -2.35. The maximum atomic E-state index is 12.5. The third-order valence-electron chi connectivity index (χ3n) is 3.54. The molecule has 0 radical (unpaired) electrons. The van der Waals surface area contributed by atoms with E-state index in [1.54, 1.807) is 10.7 Å². The van der Waals surface area contributed by atoms with Gasteiger partial charge in [-0.05, 0) is 37.5 Å². The number of anilines is 1. The van der Waals surface area contributed by atoms with Gasteiger partial charge in [0.25, 0.3) is 5.91 Å². The smallest absolute Gasteiger partial charge is 0.278 e. The molecule has 0 unspecified atom stereocenters. The molecule has 2 aromatic rings. The van der Waals surface area contributed by atoms with Crippen molar-refractivity contribution in [2.45, 2.75) is 26.3 Å². The van der Waals surface area contributed by atoms with E-state index in [-0.39, 0.29) is 5.91 Å². The van der Waals surface area contributed by atoms with Crippen LogP contribution in [0.15, 0.2) is 36.5 Å². The summed E-state index contributed by atoms with van der Waals surface area (Å²) < 4.78 is 1.78. The van der Waals surface area contributed by atoms with Crippen LogP contribution < -0.4 is 4.90 Å². The molecule has 0 bridgehead atoms. The lowest BCUT2D eigenvalue weighted by Gasteiger charge is -2.28. The fraction of sp³-hybridized carbons (Fsp3) is 0.333. The molecule has 0 aliphatic carbocycles. The first-order chi connectivity index (χ1) is 9.29. The van der Waals surface area contributed by atoms with Crippen molar-refractivity contribution in [3.8, 4) is 0 Å². The van der Waals surface area contributed by atoms with E-state index in [0.29, 0.717) is 5.69 Å². The van der Waals surface area contributed by atoms with Crippen LogP contribution in [0.4, 0.5) is 5.69 Å². The molecule has 0 spiro atoms. The minimum absolute atomic E-state index is 0.000602. The Kier molecular flexibility index (Phi) is 3.07. The highest BCUT2D eigenvalue weighted by molar-refractivity contribution is 6.05. The Morgan fingerprint density at radius 3 is 2.95 bits per heavy atom. The van der Waals surface area contributed by atoms with Gasteiger partial charge in [0.15, 0.2) is 5.69 Å². The maximum Gasteiger partial charge on any atom is 0.278 e. The fourth-order valence-corrected chi connectivity index (χ4v) is 2.53. The number of fused-ring (bicyclic) bond motifs is 1. The van der Waals surface area contributed by atoms with Crippen LogP contribution in [0.25, 0.3) is 0 Å². The molecule has 0 atom stereocenters. The molecule has 19 heavy (non-hydrogen) atoms. The zero-order valence-electron chi connectivity index (χ0n) is 11.0. The van der Waals surface area contributed by atoms with E-state index >= 15 is 0 Å². The van der Waals surface area contributed by atoms with Crippen LogP contribution in [0.3, 0.4) is 0 Å². The van der Waals surface area contributed by atoms with Gasteiger partial charge < -0.3 is 4.90 Å². The van der Waals surface area contributed by atoms with Crippen LogP contribution in [0.1, 0.15) is 29.4 Å². The predicted molar refractivity (Wildman–Crippen MR) is 74.3 cm³/mol. The van der Waals surface area contributed by atoms with Crippen LogP contribution in [0.5, 0.6) is 0 Å². The Morgan fingerprint density at radius 1 is 1.32 bits per heavy atom. The van der Waals surface area contributed by atoms with Crippen LogP contribution >= 0.6 is 0 Å². The summed E-state index contributed by atoms with van der Waals surface area (Å²) in [6, 6.07) is 9.92. The van der Waals surface area contributed by atoms with E-state index in [0.717, 1.165) is 31.6 Å². The number of hydrogen-bond donors (Lipinski definition) is 0. The normalized spacial score (nSPS) is 14.3. The highest BCUT2D eigenvalue weighted by atomic mass is 16.2. The second kappa shape index (κ2) is 4.88. The molecule has 0 fully saturated rings. The largest absolute Gasteiger partial charge is 0.307 e. The van der Waals surface area contributed by atoms with Gasteiger partial charge in [0, 0.05) is 25.0 Å². The van der Waals surface area contributed by atoms with Gasteiger partial charge in [0.05, 0.1) is 0 Å². The first kappa shape index (κ1) is 12.0. The van der Waals surface area contributed by atoms with Gasteiger partial charge in [0.1, 0.15) is 0 Å². The Morgan fingerprint density at radius 2 is 2.16 bits per heavy atom. The first-order valence-corrected chi connectivity index (χ1v) is 6.73. The SMILES string of the molecule is CCn1ccc(C(=O)N2CCCc3ccccc32)n1. The van der Waals surface area contributed by atoms with E-state index in [2.05, 4.69) is 11.2 Å². The number of rotatable bonds is 2. The Balaban J connectivity index is 1.93. The number of carbonyl (C=O) groups excluding carboxylic acids is 1. The summed E-state index contributed by atoms with van der Waals surface area (Å²) in [6.45, 7) is 3.57. The average molecular weight is 255 g/mol. The lowest BCUT2D eigenvalue weighted by molar-refractivity contribution is 0.0979. The van der Waals surface area contributed by atoms with Gasteiger partial charge in [-0.15, -0.1) is 0 Å². The van der Waals surface area contributed by atoms with Crippen LogP contribution in [0, 0.1) is 0 Å². The standard InChI is InChI=1S/C15H17N3O/c1-2-17-11-9-13(16-17)15(19)18-10-5-7-12-6-3-4-8-14(12)18/h3-4,6,8-9,11H,2,5,7,10H2,1H3. The molecule has 4 nitrogen and oxygen atoms in total. The number of carbonyl (C=O) groups is 1. The van der Waals surface area contributed by atoms with Gasteiger partial charge in [-0.1, -0.05) is 18.2 Å². The molecule has 0 saturated heterocycles. The monoisotopic (exact) mass is 255 g/mol. The van der Waals surface area contributed by atoms with Crippen LogP contribution in [-0.4, -0.2) is 22.2 Å². The van der Waals surface area contributed by atoms with Crippen molar-refractivity contribution in [1.29, 1.82) is 0 Å². The summed E-state index contributed by atoms with van der Waals surface area (Å²) >= 11 is 0. The molecule has 1 aromatic heterocycles. The van der Waals surface area contributed by atoms with E-state index < -0.39 is 0 Å². The van der Waals surface area contributed by atoms with Gasteiger partial charge in [-0.3, -0.25) is 9.48 Å². The summed E-state index contributed by atoms with van der Waals surface area (Å²) in [5, 5.41) is 4.30. The number of nitrogens with zero attached hydrogens (tertiary/aromatic N) is 3. The fourth-order valence-electron chi connectivity index (χ4n) is 2.53. The van der Waals surface area contributed by atoms with Crippen molar-refractivity contribution < 1.29 is 4.79 Å². The van der Waals surface area contributed by atoms with E-state index in [4.69, 9.17) is 0 Å². The number of hydrogen-bond acceptors (Lipinski definition) is 2. The third kappa shape index (κ3) is 2.14. The van der Waals surface area contributed by atoms with Crippen LogP contribution in [0.2, 0.25) is 0 Å². The van der Waals surface area contributed by atoms with Gasteiger partial charge >= 0.3 is 0 Å². The molecule has 1 aliphatic heterocycles. The summed E-state index contributed by atoms with van der Waals surface area (Å²) in [7, 11) is 0. The highest BCUT2D eigenvalue weighted by Gasteiger charge is 2.24. The van der Waals surface area contributed by atoms with Gasteiger partial charge in [0.2, 0.25) is 0 Å². The predicted octanol–water partition coefficient (Wildman–Crippen LogP) is 2.50. The summed E-state index contributed by atoms with van der Waals surface area (Å²) in [6.07, 6.45) is 3.91. The zero-order valence-corrected chi connectivity index (χ0v) is 11.0. The van der Waals surface area contributed by atoms with Crippen LogP contribution in [-0.2, 0) is 13.0 Å². The highest BCUT2D eigenvalue weighted by Crippen LogP contribution is 2.27. The molecule has 4 heteroatoms. The summed E-state index contributed by atoms with van der Waals surface area (Å²) in [4.78, 5) is 14.4. The Bertz CT molecular complexity index is 603. The topological polar surface area (TPSA) is 38.1 Å². The van der Waals surface area contributed by atoms with E-state index in [9.17, 15) is 4.79 Å². The van der Waals surface area contributed by atoms with Gasteiger partial charge in [-0.25, -0.2) is 0 Å². The molecule has 1 amide bonds. The Hall–Kier alpha value is -2.10. The molecule has 0 N–H and O–H groups in total. The number of para-hydroxylation sites is 1. The van der Waals surface area contributed by atoms with Crippen molar-refractivity contribution in [2.24, 2.45) is 0 Å². The van der Waals surface area contributed by atoms with Crippen molar-refractivity contribution >= 4 is 11.6 Å². The number of aromatic nitrogens is 2. The number of aryl methyl sites for hydroxylation is 2. The number of amides is 1. The molecular weight excluding hydrogens is 238 g/mol. The minimum Gasteiger partial charge on any atom is -0.307 e. The lowest BCUT2D eigenvalue weighted by atomic mass is 10.0. The molecule has 3 rings (SSSR count). The second-order valence-electron chi connectivity index (χ2n) is 4.75. The molecule has 1 aromatic carbocycles. The quantitative estimate of drug-likeness (QED) is 0.827. The zero-order chi connectivity index (χ0) is 13.2. The third-order valence-corrected chi connectivity index (χ3v) is 3.54. The van der Waals surface area contributed by atoms with Crippen molar-refractivity contribution in [2.75, 3.05) is 11.4 Å². The van der Waals surface area contributed by atoms with Gasteiger partial charge in [-0.2, -0.15) is 5.10 Å².